The molecule has 0 spiro atoms. The van der Waals surface area contributed by atoms with Crippen LogP contribution in [0.15, 0.2) is 77.7 Å². The second-order valence-corrected chi connectivity index (χ2v) is 10.3. The number of ether oxygens (including phenoxy) is 1. The van der Waals surface area contributed by atoms with E-state index in [-0.39, 0.29) is 4.90 Å². The molecule has 0 aromatic heterocycles. The van der Waals surface area contributed by atoms with Crippen LogP contribution >= 0.6 is 0 Å². The quantitative estimate of drug-likeness (QED) is 0.538. The van der Waals surface area contributed by atoms with Gasteiger partial charge in [-0.25, -0.2) is 8.42 Å². The number of hydrogen-bond donors (Lipinski definition) is 2. The van der Waals surface area contributed by atoms with Crippen molar-refractivity contribution in [1.29, 1.82) is 0 Å². The zero-order chi connectivity index (χ0) is 23.4. The number of anilines is 2. The van der Waals surface area contributed by atoms with Crippen LogP contribution in [0.25, 0.3) is 11.1 Å². The Morgan fingerprint density at radius 3 is 2.21 bits per heavy atom. The summed E-state index contributed by atoms with van der Waals surface area (Å²) in [5, 5.41) is 3.53. The van der Waals surface area contributed by atoms with Crippen molar-refractivity contribution >= 4 is 21.4 Å². The number of sulfonamides is 1. The van der Waals surface area contributed by atoms with Crippen LogP contribution < -0.4 is 14.9 Å². The SMILES string of the molecule is COCc1ccc(N2CC(C)NC(C)C2)cc1NS(=O)(=O)c1ccc(-c2ccccc2)cc1. The molecule has 1 aliphatic rings. The standard InChI is InChI=1S/C26H31N3O3S/c1-19-16-29(17-20(2)27-19)24-12-9-23(18-32-3)26(15-24)28-33(30,31)25-13-10-22(11-14-25)21-7-5-4-6-8-21/h4-15,19-20,27-28H,16-18H2,1-3H3. The summed E-state index contributed by atoms with van der Waals surface area (Å²) < 4.78 is 34.6. The molecular weight excluding hydrogens is 434 g/mol. The third kappa shape index (κ3) is 5.55. The maximum atomic E-state index is 13.2. The van der Waals surface area contributed by atoms with Crippen LogP contribution in [0.3, 0.4) is 0 Å². The Kier molecular flexibility index (Phi) is 7.02. The molecule has 1 saturated heterocycles. The van der Waals surface area contributed by atoms with E-state index in [1.54, 1.807) is 19.2 Å². The fraction of sp³-hybridized carbons (Fsp3) is 0.308. The largest absolute Gasteiger partial charge is 0.380 e. The molecule has 6 nitrogen and oxygen atoms in total. The topological polar surface area (TPSA) is 70.7 Å². The highest BCUT2D eigenvalue weighted by molar-refractivity contribution is 7.92. The summed E-state index contributed by atoms with van der Waals surface area (Å²) in [5.41, 5.74) is 4.34. The van der Waals surface area contributed by atoms with Crippen molar-refractivity contribution in [1.82, 2.24) is 5.32 Å². The first-order valence-electron chi connectivity index (χ1n) is 11.2. The lowest BCUT2D eigenvalue weighted by atomic mass is 10.1. The van der Waals surface area contributed by atoms with Crippen LogP contribution in [-0.4, -0.2) is 40.7 Å². The Bertz CT molecular complexity index is 1170. The smallest absolute Gasteiger partial charge is 0.261 e. The predicted octanol–water partition coefficient (Wildman–Crippen LogP) is 4.49. The number of rotatable bonds is 7. The minimum atomic E-state index is -3.76. The highest BCUT2D eigenvalue weighted by Crippen LogP contribution is 2.29. The zero-order valence-electron chi connectivity index (χ0n) is 19.3. The Morgan fingerprint density at radius 1 is 0.939 bits per heavy atom. The lowest BCUT2D eigenvalue weighted by Gasteiger charge is -2.38. The van der Waals surface area contributed by atoms with E-state index in [2.05, 4.69) is 28.8 Å². The molecule has 0 saturated carbocycles. The van der Waals surface area contributed by atoms with E-state index < -0.39 is 10.0 Å². The molecule has 174 valence electrons. The Balaban J connectivity index is 1.61. The molecular formula is C26H31N3O3S. The summed E-state index contributed by atoms with van der Waals surface area (Å²) >= 11 is 0. The first-order chi connectivity index (χ1) is 15.9. The van der Waals surface area contributed by atoms with Gasteiger partial charge in [-0.2, -0.15) is 0 Å². The molecule has 2 unspecified atom stereocenters. The van der Waals surface area contributed by atoms with Crippen molar-refractivity contribution in [3.05, 3.63) is 78.4 Å². The number of benzene rings is 3. The van der Waals surface area contributed by atoms with Gasteiger partial charge in [-0.3, -0.25) is 4.72 Å². The molecule has 0 bridgehead atoms. The maximum Gasteiger partial charge on any atom is 0.261 e. The van der Waals surface area contributed by atoms with Crippen molar-refractivity contribution in [3.63, 3.8) is 0 Å². The molecule has 2 N–H and O–H groups in total. The van der Waals surface area contributed by atoms with Gasteiger partial charge in [-0.05, 0) is 49.2 Å². The first kappa shape index (κ1) is 23.3. The molecule has 0 amide bonds. The van der Waals surface area contributed by atoms with Crippen LogP contribution in [0.5, 0.6) is 0 Å². The second kappa shape index (κ2) is 9.95. The monoisotopic (exact) mass is 465 g/mol. The van der Waals surface area contributed by atoms with E-state index in [1.165, 1.54) is 0 Å². The molecule has 33 heavy (non-hydrogen) atoms. The van der Waals surface area contributed by atoms with Crippen LogP contribution in [0, 0.1) is 0 Å². The second-order valence-electron chi connectivity index (χ2n) is 8.64. The third-order valence-corrected chi connectivity index (χ3v) is 7.21. The lowest BCUT2D eigenvalue weighted by Crippen LogP contribution is -2.54. The van der Waals surface area contributed by atoms with E-state index in [9.17, 15) is 8.42 Å². The van der Waals surface area contributed by atoms with Gasteiger partial charge >= 0.3 is 0 Å². The van der Waals surface area contributed by atoms with Crippen LogP contribution in [0.1, 0.15) is 19.4 Å². The van der Waals surface area contributed by atoms with Crippen LogP contribution in [0.2, 0.25) is 0 Å². The summed E-state index contributed by atoms with van der Waals surface area (Å²) in [5.74, 6) is 0. The average Bonchev–Trinajstić information content (AvgIpc) is 2.80. The van der Waals surface area contributed by atoms with E-state index in [1.807, 2.05) is 60.7 Å². The first-order valence-corrected chi connectivity index (χ1v) is 12.6. The van der Waals surface area contributed by atoms with Gasteiger partial charge in [0.1, 0.15) is 0 Å². The Hall–Kier alpha value is -2.87. The van der Waals surface area contributed by atoms with Gasteiger partial charge in [0.25, 0.3) is 10.0 Å². The summed E-state index contributed by atoms with van der Waals surface area (Å²) in [6.07, 6.45) is 0. The molecule has 0 aliphatic carbocycles. The molecule has 7 heteroatoms. The fourth-order valence-corrected chi connectivity index (χ4v) is 5.43. The Labute approximate surface area is 196 Å². The van der Waals surface area contributed by atoms with E-state index in [4.69, 9.17) is 4.74 Å². The minimum absolute atomic E-state index is 0.223. The fourth-order valence-electron chi connectivity index (χ4n) is 4.34. The Morgan fingerprint density at radius 2 is 1.58 bits per heavy atom. The van der Waals surface area contributed by atoms with Gasteiger partial charge in [0.05, 0.1) is 17.2 Å². The average molecular weight is 466 g/mol. The lowest BCUT2D eigenvalue weighted by molar-refractivity contribution is 0.185. The molecule has 1 aliphatic heterocycles. The van der Waals surface area contributed by atoms with Gasteiger partial charge in [0, 0.05) is 43.5 Å². The molecule has 3 aromatic rings. The molecule has 3 aromatic carbocycles. The number of piperazine rings is 1. The van der Waals surface area contributed by atoms with Crippen molar-refractivity contribution in [2.24, 2.45) is 0 Å². The summed E-state index contributed by atoms with van der Waals surface area (Å²) in [7, 11) is -2.15. The summed E-state index contributed by atoms with van der Waals surface area (Å²) in [6, 6.07) is 23.4. The zero-order valence-corrected chi connectivity index (χ0v) is 20.1. The molecule has 0 radical (unpaired) electrons. The summed E-state index contributed by atoms with van der Waals surface area (Å²) in [4.78, 5) is 2.51. The number of nitrogens with zero attached hydrogens (tertiary/aromatic N) is 1. The summed E-state index contributed by atoms with van der Waals surface area (Å²) in [6.45, 7) is 6.36. The van der Waals surface area contributed by atoms with Gasteiger partial charge in [-0.15, -0.1) is 0 Å². The van der Waals surface area contributed by atoms with Crippen molar-refractivity contribution in [2.45, 2.75) is 37.4 Å². The number of methoxy groups -OCH3 is 1. The van der Waals surface area contributed by atoms with E-state index in [0.29, 0.717) is 24.4 Å². The minimum Gasteiger partial charge on any atom is -0.380 e. The normalized spacial score (nSPS) is 18.8. The number of nitrogens with one attached hydrogen (secondary N) is 2. The van der Waals surface area contributed by atoms with Gasteiger partial charge in [-0.1, -0.05) is 48.5 Å². The van der Waals surface area contributed by atoms with Crippen LogP contribution in [-0.2, 0) is 21.4 Å². The molecule has 1 fully saturated rings. The maximum absolute atomic E-state index is 13.2. The molecule has 4 rings (SSSR count). The number of hydrogen-bond acceptors (Lipinski definition) is 5. The van der Waals surface area contributed by atoms with Crippen molar-refractivity contribution in [2.75, 3.05) is 29.8 Å². The highest BCUT2D eigenvalue weighted by Gasteiger charge is 2.23. The van der Waals surface area contributed by atoms with Gasteiger partial charge in [0.15, 0.2) is 0 Å². The van der Waals surface area contributed by atoms with Crippen molar-refractivity contribution in [3.8, 4) is 11.1 Å². The third-order valence-electron chi connectivity index (χ3n) is 5.83. The van der Waals surface area contributed by atoms with E-state index in [0.717, 1.165) is 35.5 Å². The van der Waals surface area contributed by atoms with Gasteiger partial charge < -0.3 is 15.0 Å². The van der Waals surface area contributed by atoms with Crippen LogP contribution in [0.4, 0.5) is 11.4 Å². The predicted molar refractivity (Wildman–Crippen MR) is 134 cm³/mol. The molecule has 1 heterocycles. The van der Waals surface area contributed by atoms with E-state index >= 15 is 0 Å². The highest BCUT2D eigenvalue weighted by atomic mass is 32.2. The van der Waals surface area contributed by atoms with Gasteiger partial charge in [0.2, 0.25) is 0 Å². The van der Waals surface area contributed by atoms with Crippen molar-refractivity contribution < 1.29 is 13.2 Å². The molecule has 2 atom stereocenters.